The molecule has 0 aliphatic rings. The minimum absolute atomic E-state index is 0.452. The molecule has 0 aliphatic heterocycles. The van der Waals surface area contributed by atoms with Gasteiger partial charge in [0.15, 0.2) is 11.5 Å². The Hall–Kier alpha value is -1.27. The molecule has 0 bridgehead atoms. The highest BCUT2D eigenvalue weighted by molar-refractivity contribution is 7.96. The highest BCUT2D eigenvalue weighted by Gasteiger charge is 2.12. The van der Waals surface area contributed by atoms with E-state index in [4.69, 9.17) is 25.8 Å². The number of thiol groups is 2. The molecule has 0 unspecified atom stereocenters. The molecule has 0 heterocycles. The lowest BCUT2D eigenvalue weighted by molar-refractivity contribution is 0.144. The van der Waals surface area contributed by atoms with E-state index in [2.05, 4.69) is 25.3 Å². The molecular formula is C18H19ClO3S2. The van der Waals surface area contributed by atoms with E-state index in [1.54, 1.807) is 14.2 Å². The number of ether oxygens (including phenoxy) is 3. The highest BCUT2D eigenvalue weighted by atomic mass is 35.5. The fourth-order valence-electron chi connectivity index (χ4n) is 2.09. The molecule has 2 rings (SSSR count). The first-order chi connectivity index (χ1) is 11.6. The number of halogens is 1. The number of hydrogen-bond donors (Lipinski definition) is 2. The SMILES string of the molecule is COCCOc1ccc(/C(S)=C(\S)c2ccccc2Cl)cc1OC. The van der Waals surface area contributed by atoms with Gasteiger partial charge in [-0.1, -0.05) is 29.8 Å². The maximum Gasteiger partial charge on any atom is 0.161 e. The fourth-order valence-corrected chi connectivity index (χ4v) is 2.97. The van der Waals surface area contributed by atoms with E-state index in [0.29, 0.717) is 39.5 Å². The standard InChI is InChI=1S/C18H19ClO3S2/c1-20-9-10-22-15-8-7-12(11-16(15)21-2)17(23)18(24)13-5-3-4-6-14(13)19/h3-8,11,23-24H,9-10H2,1-2H3/b18-17+. The van der Waals surface area contributed by atoms with Gasteiger partial charge in [0.1, 0.15) is 6.61 Å². The summed E-state index contributed by atoms with van der Waals surface area (Å²) in [6.07, 6.45) is 0. The average molecular weight is 383 g/mol. The Morgan fingerprint density at radius 3 is 2.38 bits per heavy atom. The van der Waals surface area contributed by atoms with Crippen LogP contribution in [0.4, 0.5) is 0 Å². The molecule has 2 aromatic carbocycles. The van der Waals surface area contributed by atoms with E-state index >= 15 is 0 Å². The van der Waals surface area contributed by atoms with Crippen LogP contribution in [0.2, 0.25) is 5.02 Å². The third kappa shape index (κ3) is 4.63. The van der Waals surface area contributed by atoms with Gasteiger partial charge in [-0.15, -0.1) is 25.3 Å². The van der Waals surface area contributed by atoms with Crippen LogP contribution >= 0.6 is 36.9 Å². The van der Waals surface area contributed by atoms with Gasteiger partial charge in [-0.3, -0.25) is 0 Å². The molecule has 6 heteroatoms. The fraction of sp³-hybridized carbons (Fsp3) is 0.222. The Kier molecular flexibility index (Phi) is 7.37. The zero-order chi connectivity index (χ0) is 17.5. The maximum atomic E-state index is 6.23. The van der Waals surface area contributed by atoms with Crippen molar-refractivity contribution in [2.45, 2.75) is 0 Å². The molecular weight excluding hydrogens is 364 g/mol. The number of methoxy groups -OCH3 is 2. The molecule has 0 spiro atoms. The van der Waals surface area contributed by atoms with Gasteiger partial charge in [0, 0.05) is 27.5 Å². The summed E-state index contributed by atoms with van der Waals surface area (Å²) >= 11 is 15.4. The van der Waals surface area contributed by atoms with Crippen molar-refractivity contribution in [1.82, 2.24) is 0 Å². The Bertz CT molecular complexity index is 732. The smallest absolute Gasteiger partial charge is 0.161 e. The summed E-state index contributed by atoms with van der Waals surface area (Å²) in [6.45, 7) is 0.961. The van der Waals surface area contributed by atoms with Crippen LogP contribution in [0.25, 0.3) is 9.81 Å². The Balaban J connectivity index is 2.34. The van der Waals surface area contributed by atoms with Gasteiger partial charge in [-0.05, 0) is 29.8 Å². The average Bonchev–Trinajstić information content (AvgIpc) is 2.61. The lowest BCUT2D eigenvalue weighted by atomic mass is 10.1. The molecule has 0 saturated heterocycles. The lowest BCUT2D eigenvalue weighted by Crippen LogP contribution is -2.05. The number of hydrogen-bond acceptors (Lipinski definition) is 5. The van der Waals surface area contributed by atoms with Gasteiger partial charge in [0.05, 0.1) is 13.7 Å². The number of benzene rings is 2. The largest absolute Gasteiger partial charge is 0.493 e. The Morgan fingerprint density at radius 1 is 0.958 bits per heavy atom. The molecule has 0 aliphatic carbocycles. The van der Waals surface area contributed by atoms with Crippen LogP contribution in [0.5, 0.6) is 11.5 Å². The summed E-state index contributed by atoms with van der Waals surface area (Å²) in [6, 6.07) is 13.1. The second kappa shape index (κ2) is 9.28. The van der Waals surface area contributed by atoms with Gasteiger partial charge in [-0.25, -0.2) is 0 Å². The lowest BCUT2D eigenvalue weighted by Gasteiger charge is -2.13. The van der Waals surface area contributed by atoms with E-state index in [1.807, 2.05) is 42.5 Å². The molecule has 0 fully saturated rings. The van der Waals surface area contributed by atoms with Crippen LogP contribution in [0.1, 0.15) is 11.1 Å². The van der Waals surface area contributed by atoms with Crippen LogP contribution in [0.15, 0.2) is 42.5 Å². The van der Waals surface area contributed by atoms with Crippen molar-refractivity contribution >= 4 is 46.7 Å². The van der Waals surface area contributed by atoms with Gasteiger partial charge in [0.25, 0.3) is 0 Å². The van der Waals surface area contributed by atoms with Crippen LogP contribution in [0.3, 0.4) is 0 Å². The summed E-state index contributed by atoms with van der Waals surface area (Å²) in [5, 5.41) is 0.625. The Labute approximate surface area is 158 Å². The molecule has 3 nitrogen and oxygen atoms in total. The minimum atomic E-state index is 0.452. The van der Waals surface area contributed by atoms with E-state index in [9.17, 15) is 0 Å². The van der Waals surface area contributed by atoms with Crippen molar-refractivity contribution < 1.29 is 14.2 Å². The maximum absolute atomic E-state index is 6.23. The van der Waals surface area contributed by atoms with Crippen LogP contribution in [-0.2, 0) is 4.74 Å². The highest BCUT2D eigenvalue weighted by Crippen LogP contribution is 2.38. The quantitative estimate of drug-likeness (QED) is 0.398. The summed E-state index contributed by atoms with van der Waals surface area (Å²) in [4.78, 5) is 1.40. The zero-order valence-electron chi connectivity index (χ0n) is 13.5. The second-order valence-corrected chi connectivity index (χ2v) is 6.19. The predicted molar refractivity (Wildman–Crippen MR) is 107 cm³/mol. The number of rotatable bonds is 7. The molecule has 0 amide bonds. The van der Waals surface area contributed by atoms with Gasteiger partial charge < -0.3 is 14.2 Å². The monoisotopic (exact) mass is 382 g/mol. The van der Waals surface area contributed by atoms with Crippen LogP contribution in [0, 0.1) is 0 Å². The van der Waals surface area contributed by atoms with Gasteiger partial charge in [-0.2, -0.15) is 0 Å². The summed E-state index contributed by atoms with van der Waals surface area (Å²) in [5.41, 5.74) is 1.69. The van der Waals surface area contributed by atoms with Crippen molar-refractivity contribution in [1.29, 1.82) is 0 Å². The zero-order valence-corrected chi connectivity index (χ0v) is 16.0. The van der Waals surface area contributed by atoms with Crippen LogP contribution < -0.4 is 9.47 Å². The van der Waals surface area contributed by atoms with Crippen molar-refractivity contribution in [2.75, 3.05) is 27.4 Å². The van der Waals surface area contributed by atoms with Gasteiger partial charge >= 0.3 is 0 Å². The van der Waals surface area contributed by atoms with E-state index in [1.165, 1.54) is 0 Å². The summed E-state index contributed by atoms with van der Waals surface area (Å²) in [5.74, 6) is 1.27. The molecule has 24 heavy (non-hydrogen) atoms. The summed E-state index contributed by atoms with van der Waals surface area (Å²) < 4.78 is 16.0. The van der Waals surface area contributed by atoms with E-state index in [0.717, 1.165) is 11.1 Å². The Morgan fingerprint density at radius 2 is 1.71 bits per heavy atom. The van der Waals surface area contributed by atoms with Crippen molar-refractivity contribution in [2.24, 2.45) is 0 Å². The third-order valence-corrected chi connectivity index (χ3v) is 4.79. The van der Waals surface area contributed by atoms with Gasteiger partial charge in [0.2, 0.25) is 0 Å². The first kappa shape index (κ1) is 19.1. The molecule has 0 aromatic heterocycles. The molecule has 2 aromatic rings. The first-order valence-corrected chi connectivity index (χ1v) is 8.53. The van der Waals surface area contributed by atoms with E-state index in [-0.39, 0.29) is 0 Å². The van der Waals surface area contributed by atoms with Crippen molar-refractivity contribution in [3.8, 4) is 11.5 Å². The first-order valence-electron chi connectivity index (χ1n) is 7.25. The topological polar surface area (TPSA) is 27.7 Å². The van der Waals surface area contributed by atoms with Crippen molar-refractivity contribution in [3.05, 3.63) is 58.6 Å². The summed E-state index contributed by atoms with van der Waals surface area (Å²) in [7, 11) is 3.23. The molecule has 0 radical (unpaired) electrons. The van der Waals surface area contributed by atoms with E-state index < -0.39 is 0 Å². The molecule has 0 saturated carbocycles. The normalized spacial score (nSPS) is 11.9. The molecule has 0 N–H and O–H groups in total. The molecule has 128 valence electrons. The third-order valence-electron chi connectivity index (χ3n) is 3.34. The van der Waals surface area contributed by atoms with Crippen LogP contribution in [-0.4, -0.2) is 27.4 Å². The van der Waals surface area contributed by atoms with Crippen molar-refractivity contribution in [3.63, 3.8) is 0 Å². The minimum Gasteiger partial charge on any atom is -0.493 e. The predicted octanol–water partition coefficient (Wildman–Crippen LogP) is 5.06. The molecule has 0 atom stereocenters. The second-order valence-electron chi connectivity index (χ2n) is 4.88.